The molecule has 0 aliphatic heterocycles. The van der Waals surface area contributed by atoms with Crippen LogP contribution >= 0.6 is 0 Å². The van der Waals surface area contributed by atoms with Gasteiger partial charge in [-0.05, 0) is 18.8 Å². The molecular weight excluding hydrogens is 216 g/mol. The largest absolute Gasteiger partial charge is 0.396 e. The van der Waals surface area contributed by atoms with Crippen LogP contribution in [-0.2, 0) is 0 Å². The minimum Gasteiger partial charge on any atom is -0.396 e. The van der Waals surface area contributed by atoms with Gasteiger partial charge in [-0.25, -0.2) is 4.98 Å². The summed E-state index contributed by atoms with van der Waals surface area (Å²) in [6.07, 6.45) is 5.29. The summed E-state index contributed by atoms with van der Waals surface area (Å²) in [5.74, 6) is 2.00. The maximum absolute atomic E-state index is 8.81. The lowest BCUT2D eigenvalue weighted by molar-refractivity contribution is 0.266. The van der Waals surface area contributed by atoms with Crippen molar-refractivity contribution in [2.45, 2.75) is 26.7 Å². The Hall–Kier alpha value is -1.36. The number of rotatable bonds is 8. The normalized spacial score (nSPS) is 12.2. The Balaban J connectivity index is 2.42. The second kappa shape index (κ2) is 7.84. The number of nitrogens with one attached hydrogen (secondary N) is 2. The minimum atomic E-state index is 0.229. The van der Waals surface area contributed by atoms with Gasteiger partial charge in [-0.1, -0.05) is 13.8 Å². The van der Waals surface area contributed by atoms with Crippen molar-refractivity contribution in [2.75, 3.05) is 30.3 Å². The SMILES string of the molecule is CCCNc1cncc(NCC(C)CCO)n1. The van der Waals surface area contributed by atoms with Crippen LogP contribution in [0, 0.1) is 5.92 Å². The van der Waals surface area contributed by atoms with Crippen molar-refractivity contribution >= 4 is 11.6 Å². The van der Waals surface area contributed by atoms with Crippen LogP contribution in [0.4, 0.5) is 11.6 Å². The molecule has 0 saturated heterocycles. The van der Waals surface area contributed by atoms with Crippen molar-refractivity contribution in [2.24, 2.45) is 5.92 Å². The van der Waals surface area contributed by atoms with Gasteiger partial charge in [0, 0.05) is 19.7 Å². The van der Waals surface area contributed by atoms with E-state index in [2.05, 4.69) is 34.4 Å². The van der Waals surface area contributed by atoms with Gasteiger partial charge in [-0.15, -0.1) is 0 Å². The Labute approximate surface area is 103 Å². The number of hydrogen-bond donors (Lipinski definition) is 3. The van der Waals surface area contributed by atoms with Crippen molar-refractivity contribution in [1.82, 2.24) is 9.97 Å². The Kier molecular flexibility index (Phi) is 6.32. The van der Waals surface area contributed by atoms with Crippen molar-refractivity contribution in [3.63, 3.8) is 0 Å². The molecule has 1 atom stereocenters. The van der Waals surface area contributed by atoms with Crippen LogP contribution in [0.5, 0.6) is 0 Å². The van der Waals surface area contributed by atoms with Gasteiger partial charge in [0.25, 0.3) is 0 Å². The number of anilines is 2. The summed E-state index contributed by atoms with van der Waals surface area (Å²) in [5, 5.41) is 15.2. The third-order valence-electron chi connectivity index (χ3n) is 2.44. The number of aliphatic hydroxyl groups is 1. The molecule has 1 unspecified atom stereocenters. The molecule has 0 fully saturated rings. The Morgan fingerprint density at radius 3 is 2.65 bits per heavy atom. The fourth-order valence-corrected chi connectivity index (χ4v) is 1.39. The first-order valence-electron chi connectivity index (χ1n) is 6.17. The summed E-state index contributed by atoms with van der Waals surface area (Å²) < 4.78 is 0. The van der Waals surface area contributed by atoms with Gasteiger partial charge < -0.3 is 15.7 Å². The zero-order valence-corrected chi connectivity index (χ0v) is 10.6. The Morgan fingerprint density at radius 2 is 2.00 bits per heavy atom. The summed E-state index contributed by atoms with van der Waals surface area (Å²) in [7, 11) is 0. The molecule has 0 amide bonds. The molecule has 5 nitrogen and oxygen atoms in total. The van der Waals surface area contributed by atoms with E-state index < -0.39 is 0 Å². The summed E-state index contributed by atoms with van der Waals surface area (Å²) in [6.45, 7) is 6.13. The maximum Gasteiger partial charge on any atom is 0.146 e. The van der Waals surface area contributed by atoms with E-state index in [9.17, 15) is 0 Å². The fraction of sp³-hybridized carbons (Fsp3) is 0.667. The van der Waals surface area contributed by atoms with Crippen LogP contribution in [-0.4, -0.2) is 34.8 Å². The molecule has 1 aromatic heterocycles. The number of hydrogen-bond acceptors (Lipinski definition) is 5. The highest BCUT2D eigenvalue weighted by Crippen LogP contribution is 2.08. The van der Waals surface area contributed by atoms with E-state index in [1.807, 2.05) is 0 Å². The molecule has 0 aliphatic carbocycles. The molecule has 0 saturated carbocycles. The molecule has 0 bridgehead atoms. The van der Waals surface area contributed by atoms with Gasteiger partial charge in [0.1, 0.15) is 11.6 Å². The van der Waals surface area contributed by atoms with E-state index in [0.717, 1.165) is 37.6 Å². The van der Waals surface area contributed by atoms with Crippen molar-refractivity contribution in [3.05, 3.63) is 12.4 Å². The first-order valence-corrected chi connectivity index (χ1v) is 6.17. The number of aliphatic hydroxyl groups excluding tert-OH is 1. The van der Waals surface area contributed by atoms with Gasteiger partial charge in [0.15, 0.2) is 0 Å². The summed E-state index contributed by atoms with van der Waals surface area (Å²) in [5.41, 5.74) is 0. The number of nitrogens with zero attached hydrogens (tertiary/aromatic N) is 2. The molecular formula is C12H22N4O. The lowest BCUT2D eigenvalue weighted by Crippen LogP contribution is -2.14. The van der Waals surface area contributed by atoms with Gasteiger partial charge in [-0.3, -0.25) is 4.98 Å². The molecule has 0 spiro atoms. The molecule has 1 aromatic rings. The van der Waals surface area contributed by atoms with Gasteiger partial charge >= 0.3 is 0 Å². The zero-order chi connectivity index (χ0) is 12.5. The monoisotopic (exact) mass is 238 g/mol. The van der Waals surface area contributed by atoms with Crippen LogP contribution in [0.1, 0.15) is 26.7 Å². The van der Waals surface area contributed by atoms with Crippen LogP contribution in [0.3, 0.4) is 0 Å². The topological polar surface area (TPSA) is 70.1 Å². The zero-order valence-electron chi connectivity index (χ0n) is 10.6. The summed E-state index contributed by atoms with van der Waals surface area (Å²) in [6, 6.07) is 0. The van der Waals surface area contributed by atoms with Crippen molar-refractivity contribution in [3.8, 4) is 0 Å². The van der Waals surface area contributed by atoms with E-state index in [-0.39, 0.29) is 6.61 Å². The third-order valence-corrected chi connectivity index (χ3v) is 2.44. The fourth-order valence-electron chi connectivity index (χ4n) is 1.39. The highest BCUT2D eigenvalue weighted by atomic mass is 16.3. The molecule has 0 radical (unpaired) electrons. The van der Waals surface area contributed by atoms with E-state index >= 15 is 0 Å². The van der Waals surface area contributed by atoms with Gasteiger partial charge in [-0.2, -0.15) is 0 Å². The lowest BCUT2D eigenvalue weighted by atomic mass is 10.1. The highest BCUT2D eigenvalue weighted by molar-refractivity contribution is 5.41. The average Bonchev–Trinajstić information content (AvgIpc) is 2.35. The molecule has 17 heavy (non-hydrogen) atoms. The van der Waals surface area contributed by atoms with E-state index in [1.165, 1.54) is 0 Å². The third kappa shape index (κ3) is 5.49. The Morgan fingerprint density at radius 1 is 1.29 bits per heavy atom. The Bertz CT molecular complexity index is 319. The quantitative estimate of drug-likeness (QED) is 0.643. The van der Waals surface area contributed by atoms with E-state index in [1.54, 1.807) is 12.4 Å². The average molecular weight is 238 g/mol. The van der Waals surface area contributed by atoms with Crippen LogP contribution in [0.25, 0.3) is 0 Å². The van der Waals surface area contributed by atoms with Crippen LogP contribution in [0.15, 0.2) is 12.4 Å². The molecule has 5 heteroatoms. The highest BCUT2D eigenvalue weighted by Gasteiger charge is 2.02. The lowest BCUT2D eigenvalue weighted by Gasteiger charge is -2.12. The maximum atomic E-state index is 8.81. The minimum absolute atomic E-state index is 0.229. The second-order valence-electron chi connectivity index (χ2n) is 4.21. The first kappa shape index (κ1) is 13.7. The summed E-state index contributed by atoms with van der Waals surface area (Å²) >= 11 is 0. The van der Waals surface area contributed by atoms with Crippen molar-refractivity contribution in [1.29, 1.82) is 0 Å². The van der Waals surface area contributed by atoms with Crippen LogP contribution in [0.2, 0.25) is 0 Å². The first-order chi connectivity index (χ1) is 8.26. The molecule has 3 N–H and O–H groups in total. The van der Waals surface area contributed by atoms with Crippen molar-refractivity contribution < 1.29 is 5.11 Å². The molecule has 96 valence electrons. The predicted octanol–water partition coefficient (Wildman–Crippen LogP) is 1.73. The molecule has 0 aliphatic rings. The van der Waals surface area contributed by atoms with Crippen LogP contribution < -0.4 is 10.6 Å². The molecule has 1 heterocycles. The van der Waals surface area contributed by atoms with Gasteiger partial charge in [0.2, 0.25) is 0 Å². The smallest absolute Gasteiger partial charge is 0.146 e. The van der Waals surface area contributed by atoms with Gasteiger partial charge in [0.05, 0.1) is 12.4 Å². The molecule has 0 aromatic carbocycles. The predicted molar refractivity (Wildman–Crippen MR) is 70.2 cm³/mol. The summed E-state index contributed by atoms with van der Waals surface area (Å²) in [4.78, 5) is 8.52. The standard InChI is InChI=1S/C12H22N4O/c1-3-5-14-11-8-13-9-12(16-11)15-7-10(2)4-6-17/h8-10,17H,3-7H2,1-2H3,(H2,14,15,16). The van der Waals surface area contributed by atoms with E-state index in [0.29, 0.717) is 5.92 Å². The number of aromatic nitrogens is 2. The molecule has 1 rings (SSSR count). The van der Waals surface area contributed by atoms with E-state index in [4.69, 9.17) is 5.11 Å². The second-order valence-corrected chi connectivity index (χ2v) is 4.21.